The topological polar surface area (TPSA) is 77.8 Å². The molecule has 1 aromatic heterocycles. The molecule has 0 radical (unpaired) electrons. The van der Waals surface area contributed by atoms with Crippen LogP contribution in [0.1, 0.15) is 5.69 Å². The van der Waals surface area contributed by atoms with Gasteiger partial charge in [-0.15, -0.1) is 11.3 Å². The zero-order chi connectivity index (χ0) is 8.27. The van der Waals surface area contributed by atoms with Gasteiger partial charge < -0.3 is 10.8 Å². The average molecular weight is 173 g/mol. The van der Waals surface area contributed by atoms with Gasteiger partial charge in [-0.1, -0.05) is 0 Å². The number of quaternary nitrogens is 1. The second-order valence-electron chi connectivity index (χ2n) is 2.22. The summed E-state index contributed by atoms with van der Waals surface area (Å²) in [5.74, 6) is -0.877. The summed E-state index contributed by atoms with van der Waals surface area (Å²) in [4.78, 5) is 14.3. The molecule has 0 aliphatic carbocycles. The number of thiazole rings is 1. The number of rotatable bonds is 3. The maximum atomic E-state index is 10.3. The molecule has 0 aromatic carbocycles. The quantitative estimate of drug-likeness (QED) is 0.639. The number of carbonyl (C=O) groups is 1. The largest absolute Gasteiger partial charge is 0.477 e. The fraction of sp³-hybridized carbons (Fsp3) is 0.333. The molecule has 0 spiro atoms. The minimum absolute atomic E-state index is 0.416. The van der Waals surface area contributed by atoms with Crippen LogP contribution in [-0.4, -0.2) is 22.1 Å². The second-order valence-corrected chi connectivity index (χ2v) is 2.94. The Hall–Kier alpha value is -0.940. The number of nitrogens with zero attached hydrogens (tertiary/aromatic N) is 1. The lowest BCUT2D eigenvalue weighted by atomic mass is 10.2. The van der Waals surface area contributed by atoms with Crippen molar-refractivity contribution in [2.24, 2.45) is 0 Å². The highest BCUT2D eigenvalue weighted by molar-refractivity contribution is 7.07. The van der Waals surface area contributed by atoms with E-state index in [0.29, 0.717) is 6.42 Å². The zero-order valence-corrected chi connectivity index (χ0v) is 6.67. The van der Waals surface area contributed by atoms with Crippen LogP contribution < -0.4 is 5.73 Å². The Balaban J connectivity index is 2.50. The summed E-state index contributed by atoms with van der Waals surface area (Å²) < 4.78 is 0. The minimum atomic E-state index is -0.877. The number of aromatic nitrogens is 1. The van der Waals surface area contributed by atoms with Gasteiger partial charge in [-0.3, -0.25) is 0 Å². The van der Waals surface area contributed by atoms with Gasteiger partial charge in [0, 0.05) is 5.38 Å². The van der Waals surface area contributed by atoms with E-state index in [9.17, 15) is 4.79 Å². The van der Waals surface area contributed by atoms with E-state index in [-0.39, 0.29) is 0 Å². The Bertz CT molecular complexity index is 235. The van der Waals surface area contributed by atoms with Crippen LogP contribution in [0.2, 0.25) is 0 Å². The van der Waals surface area contributed by atoms with Gasteiger partial charge in [-0.25, -0.2) is 9.78 Å². The molecule has 0 aliphatic heterocycles. The fourth-order valence-electron chi connectivity index (χ4n) is 0.678. The van der Waals surface area contributed by atoms with Gasteiger partial charge in [0.05, 0.1) is 17.6 Å². The van der Waals surface area contributed by atoms with Crippen LogP contribution in [0.5, 0.6) is 0 Å². The Morgan fingerprint density at radius 3 is 3.09 bits per heavy atom. The SMILES string of the molecule is [NH3+]C(Cc1cscn1)C(=O)O. The van der Waals surface area contributed by atoms with E-state index >= 15 is 0 Å². The second kappa shape index (κ2) is 3.45. The number of aliphatic carboxylic acids is 1. The van der Waals surface area contributed by atoms with Crippen molar-refractivity contribution in [3.63, 3.8) is 0 Å². The standard InChI is InChI=1S/C6H8N2O2S/c7-5(6(9)10)1-4-2-11-3-8-4/h2-3,5H,1,7H2,(H,9,10)/p+1. The first kappa shape index (κ1) is 8.16. The maximum Gasteiger partial charge on any atom is 0.362 e. The van der Waals surface area contributed by atoms with Crippen molar-refractivity contribution in [1.29, 1.82) is 0 Å². The van der Waals surface area contributed by atoms with E-state index in [2.05, 4.69) is 10.7 Å². The van der Waals surface area contributed by atoms with Gasteiger partial charge >= 0.3 is 5.97 Å². The third-order valence-corrected chi connectivity index (χ3v) is 1.92. The van der Waals surface area contributed by atoms with E-state index in [1.165, 1.54) is 11.3 Å². The number of carboxylic acid groups (broad SMARTS) is 1. The van der Waals surface area contributed by atoms with Gasteiger partial charge in [-0.2, -0.15) is 0 Å². The van der Waals surface area contributed by atoms with Crippen LogP contribution in [0.15, 0.2) is 10.9 Å². The molecule has 0 saturated heterocycles. The molecule has 4 nitrogen and oxygen atoms in total. The first-order chi connectivity index (χ1) is 5.20. The monoisotopic (exact) mass is 173 g/mol. The van der Waals surface area contributed by atoms with Crippen LogP contribution >= 0.6 is 11.3 Å². The van der Waals surface area contributed by atoms with Crippen LogP contribution in [0.3, 0.4) is 0 Å². The highest BCUT2D eigenvalue weighted by Gasteiger charge is 2.16. The summed E-state index contributed by atoms with van der Waals surface area (Å²) in [6.07, 6.45) is 0.416. The highest BCUT2D eigenvalue weighted by atomic mass is 32.1. The Kier molecular flexibility index (Phi) is 2.56. The van der Waals surface area contributed by atoms with Crippen LogP contribution in [0.25, 0.3) is 0 Å². The van der Waals surface area contributed by atoms with Crippen LogP contribution in [0, 0.1) is 0 Å². The summed E-state index contributed by atoms with van der Waals surface area (Å²) in [6.45, 7) is 0. The van der Waals surface area contributed by atoms with Crippen molar-refractivity contribution in [2.75, 3.05) is 0 Å². The Morgan fingerprint density at radius 1 is 1.91 bits per heavy atom. The molecular formula is C6H9N2O2S+. The predicted octanol–water partition coefficient (Wildman–Crippen LogP) is -0.619. The molecule has 1 aromatic rings. The first-order valence-electron chi connectivity index (χ1n) is 3.13. The van der Waals surface area contributed by atoms with Gasteiger partial charge in [-0.05, 0) is 0 Å². The molecule has 5 heteroatoms. The van der Waals surface area contributed by atoms with Crippen molar-refractivity contribution in [1.82, 2.24) is 4.98 Å². The fourth-order valence-corrected chi connectivity index (χ4v) is 1.25. The summed E-state index contributed by atoms with van der Waals surface area (Å²) in [5.41, 5.74) is 5.97. The van der Waals surface area contributed by atoms with Crippen molar-refractivity contribution in [2.45, 2.75) is 12.5 Å². The molecule has 1 heterocycles. The third-order valence-electron chi connectivity index (χ3n) is 1.29. The van der Waals surface area contributed by atoms with Crippen LogP contribution in [0.4, 0.5) is 0 Å². The molecule has 1 unspecified atom stereocenters. The first-order valence-corrected chi connectivity index (χ1v) is 4.07. The summed E-state index contributed by atoms with van der Waals surface area (Å²) in [6, 6.07) is -0.586. The molecular weight excluding hydrogens is 164 g/mol. The smallest absolute Gasteiger partial charge is 0.362 e. The molecule has 4 N–H and O–H groups in total. The lowest BCUT2D eigenvalue weighted by molar-refractivity contribution is -0.407. The highest BCUT2D eigenvalue weighted by Crippen LogP contribution is 2.02. The summed E-state index contributed by atoms with van der Waals surface area (Å²) >= 11 is 1.46. The molecule has 1 rings (SSSR count). The molecule has 0 aliphatic rings. The van der Waals surface area contributed by atoms with E-state index in [1.807, 2.05) is 5.38 Å². The normalized spacial score (nSPS) is 12.8. The van der Waals surface area contributed by atoms with Crippen molar-refractivity contribution in [3.05, 3.63) is 16.6 Å². The van der Waals surface area contributed by atoms with Gasteiger partial charge in [0.1, 0.15) is 0 Å². The molecule has 0 bridgehead atoms. The van der Waals surface area contributed by atoms with Gasteiger partial charge in [0.2, 0.25) is 0 Å². The van der Waals surface area contributed by atoms with Gasteiger partial charge in [0.25, 0.3) is 0 Å². The number of carboxylic acids is 1. The Morgan fingerprint density at radius 2 is 2.64 bits per heavy atom. The summed E-state index contributed by atoms with van der Waals surface area (Å²) in [5, 5.41) is 10.3. The lowest BCUT2D eigenvalue weighted by Crippen LogP contribution is -2.65. The lowest BCUT2D eigenvalue weighted by Gasteiger charge is -1.98. The number of hydrogen-bond donors (Lipinski definition) is 2. The molecule has 0 saturated carbocycles. The third kappa shape index (κ3) is 2.28. The molecule has 0 amide bonds. The molecule has 60 valence electrons. The number of hydrogen-bond acceptors (Lipinski definition) is 3. The maximum absolute atomic E-state index is 10.3. The Labute approximate surface area is 67.7 Å². The van der Waals surface area contributed by atoms with E-state index in [1.54, 1.807) is 5.51 Å². The van der Waals surface area contributed by atoms with Crippen molar-refractivity contribution >= 4 is 17.3 Å². The van der Waals surface area contributed by atoms with Crippen LogP contribution in [-0.2, 0) is 11.2 Å². The average Bonchev–Trinajstić information content (AvgIpc) is 2.39. The van der Waals surface area contributed by atoms with E-state index in [0.717, 1.165) is 5.69 Å². The molecule has 1 atom stereocenters. The molecule has 0 fully saturated rings. The molecule has 11 heavy (non-hydrogen) atoms. The van der Waals surface area contributed by atoms with Crippen molar-refractivity contribution < 1.29 is 15.6 Å². The minimum Gasteiger partial charge on any atom is -0.477 e. The zero-order valence-electron chi connectivity index (χ0n) is 5.86. The predicted molar refractivity (Wildman–Crippen MR) is 40.1 cm³/mol. The van der Waals surface area contributed by atoms with Gasteiger partial charge in [0.15, 0.2) is 6.04 Å². The van der Waals surface area contributed by atoms with E-state index < -0.39 is 12.0 Å². The van der Waals surface area contributed by atoms with Crippen molar-refractivity contribution in [3.8, 4) is 0 Å². The summed E-state index contributed by atoms with van der Waals surface area (Å²) in [7, 11) is 0. The van der Waals surface area contributed by atoms with E-state index in [4.69, 9.17) is 5.11 Å².